The third-order valence-corrected chi connectivity index (χ3v) is 4.34. The van der Waals surface area contributed by atoms with Crippen LogP contribution in [0.5, 0.6) is 5.75 Å². The lowest BCUT2D eigenvalue weighted by Gasteiger charge is -2.17. The normalized spacial score (nSPS) is 11.6. The van der Waals surface area contributed by atoms with E-state index in [4.69, 9.17) is 5.11 Å². The van der Waals surface area contributed by atoms with Crippen molar-refractivity contribution in [2.45, 2.75) is 0 Å². The maximum Gasteiger partial charge on any atom is 0.194 e. The Labute approximate surface area is 157 Å². The maximum atomic E-state index is 12.3. The number of rotatable bonds is 2. The van der Waals surface area contributed by atoms with Crippen molar-refractivity contribution in [3.63, 3.8) is 0 Å². The number of aromatic hydroxyl groups is 1. The van der Waals surface area contributed by atoms with Crippen LogP contribution in [0.3, 0.4) is 0 Å². The first kappa shape index (κ1) is 18.1. The quantitative estimate of drug-likeness (QED) is 0.542. The molecule has 0 heterocycles. The van der Waals surface area contributed by atoms with Crippen LogP contribution in [0.4, 0.5) is 0 Å². The number of fused-ring (bicyclic) bond motifs is 2. The number of ketones is 2. The molecular weight excluding hydrogens is 336 g/mol. The number of carbonyl (C=O) groups excluding carboxylic acids is 2. The molecular formula is C24H18O3. The summed E-state index contributed by atoms with van der Waals surface area (Å²) in [5, 5.41) is 9.04. The van der Waals surface area contributed by atoms with Crippen LogP contribution in [-0.2, 0) is 0 Å². The van der Waals surface area contributed by atoms with Crippen molar-refractivity contribution < 1.29 is 14.7 Å². The average Bonchev–Trinajstić information content (AvgIpc) is 2.72. The molecule has 0 saturated carbocycles. The van der Waals surface area contributed by atoms with Crippen LogP contribution >= 0.6 is 0 Å². The Balaban J connectivity index is 0.000000197. The van der Waals surface area contributed by atoms with Crippen LogP contribution in [0.1, 0.15) is 43.0 Å². The number of benzene rings is 3. The van der Waals surface area contributed by atoms with E-state index in [1.54, 1.807) is 66.7 Å². The predicted molar refractivity (Wildman–Crippen MR) is 108 cm³/mol. The van der Waals surface area contributed by atoms with Gasteiger partial charge in [-0.25, -0.2) is 0 Å². The lowest BCUT2D eigenvalue weighted by atomic mass is 9.83. The molecule has 0 aromatic heterocycles. The number of carbonyl (C=O) groups is 2. The van der Waals surface area contributed by atoms with Gasteiger partial charge in [-0.05, 0) is 23.8 Å². The lowest BCUT2D eigenvalue weighted by Crippen LogP contribution is -2.20. The SMILES string of the molecule is C=Cc1ccc2c(c1)C(=O)c1ccccc1C2=O.C=Cc1ccccc1O. The summed E-state index contributed by atoms with van der Waals surface area (Å²) in [6.45, 7) is 7.20. The first-order valence-corrected chi connectivity index (χ1v) is 8.42. The Morgan fingerprint density at radius 2 is 1.22 bits per heavy atom. The van der Waals surface area contributed by atoms with E-state index < -0.39 is 0 Å². The molecule has 0 saturated heterocycles. The molecule has 0 spiro atoms. The van der Waals surface area contributed by atoms with E-state index in [9.17, 15) is 9.59 Å². The molecule has 1 aliphatic carbocycles. The average molecular weight is 354 g/mol. The Morgan fingerprint density at radius 3 is 1.78 bits per heavy atom. The summed E-state index contributed by atoms with van der Waals surface area (Å²) < 4.78 is 0. The molecule has 3 heteroatoms. The van der Waals surface area contributed by atoms with Gasteiger partial charge in [0.2, 0.25) is 0 Å². The molecule has 0 aliphatic heterocycles. The number of phenols is 1. The maximum absolute atomic E-state index is 12.3. The van der Waals surface area contributed by atoms with Gasteiger partial charge < -0.3 is 5.11 Å². The van der Waals surface area contributed by atoms with E-state index in [1.807, 2.05) is 12.1 Å². The fourth-order valence-corrected chi connectivity index (χ4v) is 2.90. The van der Waals surface area contributed by atoms with Gasteiger partial charge in [0.25, 0.3) is 0 Å². The predicted octanol–water partition coefficient (Wildman–Crippen LogP) is 5.14. The van der Waals surface area contributed by atoms with Gasteiger partial charge in [-0.3, -0.25) is 9.59 Å². The number of phenolic OH excluding ortho intramolecular Hbond substituents is 1. The highest BCUT2D eigenvalue weighted by atomic mass is 16.3. The first-order chi connectivity index (χ1) is 13.1. The van der Waals surface area contributed by atoms with Gasteiger partial charge in [0, 0.05) is 27.8 Å². The Kier molecular flexibility index (Phi) is 5.13. The van der Waals surface area contributed by atoms with Crippen LogP contribution in [0.2, 0.25) is 0 Å². The monoisotopic (exact) mass is 354 g/mol. The van der Waals surface area contributed by atoms with Gasteiger partial charge in [-0.1, -0.05) is 73.8 Å². The van der Waals surface area contributed by atoms with Gasteiger partial charge in [0.15, 0.2) is 11.6 Å². The first-order valence-electron chi connectivity index (χ1n) is 8.42. The number of hydrogen-bond donors (Lipinski definition) is 1. The third-order valence-electron chi connectivity index (χ3n) is 4.34. The molecule has 1 aliphatic rings. The summed E-state index contributed by atoms with van der Waals surface area (Å²) in [4.78, 5) is 24.6. The van der Waals surface area contributed by atoms with Crippen molar-refractivity contribution >= 4 is 23.7 Å². The van der Waals surface area contributed by atoms with Crippen molar-refractivity contribution in [2.24, 2.45) is 0 Å². The zero-order valence-electron chi connectivity index (χ0n) is 14.7. The zero-order chi connectivity index (χ0) is 19.4. The van der Waals surface area contributed by atoms with E-state index in [0.717, 1.165) is 11.1 Å². The highest BCUT2D eigenvalue weighted by Crippen LogP contribution is 2.27. The van der Waals surface area contributed by atoms with Gasteiger partial charge in [0.1, 0.15) is 5.75 Å². The molecule has 3 aromatic carbocycles. The Hall–Kier alpha value is -3.72. The van der Waals surface area contributed by atoms with E-state index in [1.165, 1.54) is 0 Å². The van der Waals surface area contributed by atoms with Crippen LogP contribution in [0, 0.1) is 0 Å². The molecule has 27 heavy (non-hydrogen) atoms. The van der Waals surface area contributed by atoms with Gasteiger partial charge in [-0.15, -0.1) is 0 Å². The summed E-state index contributed by atoms with van der Waals surface area (Å²) in [5.74, 6) is 0.104. The van der Waals surface area contributed by atoms with Gasteiger partial charge >= 0.3 is 0 Å². The largest absolute Gasteiger partial charge is 0.507 e. The van der Waals surface area contributed by atoms with Crippen molar-refractivity contribution in [3.8, 4) is 5.75 Å². The van der Waals surface area contributed by atoms with Crippen LogP contribution in [0.15, 0.2) is 79.9 Å². The third kappa shape index (κ3) is 3.48. The summed E-state index contributed by atoms with van der Waals surface area (Å²) >= 11 is 0. The van der Waals surface area contributed by atoms with E-state index >= 15 is 0 Å². The fourth-order valence-electron chi connectivity index (χ4n) is 2.90. The molecule has 3 nitrogen and oxygen atoms in total. The molecule has 1 N–H and O–H groups in total. The molecule has 132 valence electrons. The second kappa shape index (κ2) is 7.67. The highest BCUT2D eigenvalue weighted by molar-refractivity contribution is 6.28. The topological polar surface area (TPSA) is 54.4 Å². The van der Waals surface area contributed by atoms with Crippen molar-refractivity contribution in [1.82, 2.24) is 0 Å². The minimum Gasteiger partial charge on any atom is -0.507 e. The lowest BCUT2D eigenvalue weighted by molar-refractivity contribution is 0.0979. The molecule has 0 bridgehead atoms. The summed E-state index contributed by atoms with van der Waals surface area (Å²) in [6, 6.07) is 19.2. The standard InChI is InChI=1S/C16H10O2.C8H8O/c1-2-10-7-8-13-14(9-10)16(18)12-6-4-3-5-11(12)15(13)17;1-2-7-5-3-4-6-8(7)9/h2-9H,1H2;2-6,9H,1H2. The summed E-state index contributed by atoms with van der Waals surface area (Å²) in [6.07, 6.45) is 3.29. The second-order valence-corrected chi connectivity index (χ2v) is 5.98. The molecule has 0 amide bonds. The molecule has 0 fully saturated rings. The van der Waals surface area contributed by atoms with Crippen molar-refractivity contribution in [2.75, 3.05) is 0 Å². The summed E-state index contributed by atoms with van der Waals surface area (Å²) in [7, 11) is 0. The van der Waals surface area contributed by atoms with Crippen molar-refractivity contribution in [3.05, 3.63) is 113 Å². The fraction of sp³-hybridized carbons (Fsp3) is 0. The van der Waals surface area contributed by atoms with Gasteiger partial charge in [-0.2, -0.15) is 0 Å². The van der Waals surface area contributed by atoms with E-state index in [-0.39, 0.29) is 17.3 Å². The van der Waals surface area contributed by atoms with Crippen LogP contribution < -0.4 is 0 Å². The smallest absolute Gasteiger partial charge is 0.194 e. The second-order valence-electron chi connectivity index (χ2n) is 5.98. The molecule has 0 unspecified atom stereocenters. The van der Waals surface area contributed by atoms with Crippen LogP contribution in [0.25, 0.3) is 12.2 Å². The molecule has 3 aromatic rings. The zero-order valence-corrected chi connectivity index (χ0v) is 14.7. The van der Waals surface area contributed by atoms with Gasteiger partial charge in [0.05, 0.1) is 0 Å². The molecule has 4 rings (SSSR count). The Morgan fingerprint density at radius 1 is 0.667 bits per heavy atom. The minimum absolute atomic E-state index is 0.0872. The van der Waals surface area contributed by atoms with Crippen LogP contribution in [-0.4, -0.2) is 16.7 Å². The molecule has 0 radical (unpaired) electrons. The summed E-state index contributed by atoms with van der Waals surface area (Å²) in [5.41, 5.74) is 3.53. The highest BCUT2D eigenvalue weighted by Gasteiger charge is 2.28. The number of para-hydroxylation sites is 1. The van der Waals surface area contributed by atoms with E-state index in [2.05, 4.69) is 13.2 Å². The molecule has 0 atom stereocenters. The minimum atomic E-state index is -0.0936. The number of hydrogen-bond acceptors (Lipinski definition) is 3. The van der Waals surface area contributed by atoms with Crippen molar-refractivity contribution in [1.29, 1.82) is 0 Å². The van der Waals surface area contributed by atoms with E-state index in [0.29, 0.717) is 22.3 Å². The Bertz CT molecular complexity index is 1060.